The molecule has 0 atom stereocenters. The number of aryl methyl sites for hydroxylation is 1. The molecule has 0 amide bonds. The van der Waals surface area contributed by atoms with Gasteiger partial charge in [0.05, 0.1) is 0 Å². The van der Waals surface area contributed by atoms with E-state index < -0.39 is 0 Å². The van der Waals surface area contributed by atoms with Gasteiger partial charge in [-0.05, 0) is 37.0 Å². The number of hydrogen-bond donors (Lipinski definition) is 3. The summed E-state index contributed by atoms with van der Waals surface area (Å²) < 4.78 is 0. The fraction of sp³-hybridized carbons (Fsp3) is 0.400. The summed E-state index contributed by atoms with van der Waals surface area (Å²) in [7, 11) is 0. The minimum absolute atomic E-state index is 0.245. The van der Waals surface area contributed by atoms with Crippen LogP contribution in [0.5, 0.6) is 0 Å². The van der Waals surface area contributed by atoms with Crippen molar-refractivity contribution in [2.24, 2.45) is 0 Å². The van der Waals surface area contributed by atoms with Crippen molar-refractivity contribution in [3.05, 3.63) is 23.8 Å². The first-order chi connectivity index (χ1) is 6.24. The highest BCUT2D eigenvalue weighted by Crippen LogP contribution is 2.17. The predicted molar refractivity (Wildman–Crippen MR) is 55.3 cm³/mol. The first-order valence-electron chi connectivity index (χ1n) is 4.49. The van der Waals surface area contributed by atoms with Crippen LogP contribution < -0.4 is 11.5 Å². The Labute approximate surface area is 78.4 Å². The maximum absolute atomic E-state index is 8.61. The minimum Gasteiger partial charge on any atom is -0.399 e. The molecule has 0 bridgehead atoms. The third-order valence-electron chi connectivity index (χ3n) is 2.02. The van der Waals surface area contributed by atoms with E-state index in [0.29, 0.717) is 5.69 Å². The second kappa shape index (κ2) is 4.72. The summed E-state index contributed by atoms with van der Waals surface area (Å²) in [4.78, 5) is 0. The van der Waals surface area contributed by atoms with Gasteiger partial charge in [0.1, 0.15) is 0 Å². The van der Waals surface area contributed by atoms with Crippen molar-refractivity contribution in [3.63, 3.8) is 0 Å². The van der Waals surface area contributed by atoms with Crippen molar-refractivity contribution in [2.45, 2.75) is 19.3 Å². The third-order valence-corrected chi connectivity index (χ3v) is 2.02. The van der Waals surface area contributed by atoms with Gasteiger partial charge in [0.2, 0.25) is 0 Å². The van der Waals surface area contributed by atoms with Crippen LogP contribution in [0.15, 0.2) is 18.2 Å². The van der Waals surface area contributed by atoms with Crippen molar-refractivity contribution < 1.29 is 5.11 Å². The van der Waals surface area contributed by atoms with Crippen molar-refractivity contribution in [2.75, 3.05) is 18.1 Å². The van der Waals surface area contributed by atoms with Gasteiger partial charge in [-0.1, -0.05) is 6.07 Å². The Morgan fingerprint density at radius 1 is 1.15 bits per heavy atom. The number of anilines is 2. The minimum atomic E-state index is 0.245. The summed E-state index contributed by atoms with van der Waals surface area (Å²) in [6.07, 6.45) is 2.70. The largest absolute Gasteiger partial charge is 0.399 e. The molecule has 0 heterocycles. The highest BCUT2D eigenvalue weighted by Gasteiger charge is 1.98. The zero-order valence-electron chi connectivity index (χ0n) is 7.66. The molecule has 72 valence electrons. The molecule has 0 radical (unpaired) electrons. The molecule has 0 unspecified atom stereocenters. The number of hydrogen-bond acceptors (Lipinski definition) is 3. The summed E-state index contributed by atoms with van der Waals surface area (Å²) >= 11 is 0. The second-order valence-electron chi connectivity index (χ2n) is 3.14. The quantitative estimate of drug-likeness (QED) is 0.481. The first kappa shape index (κ1) is 9.86. The third kappa shape index (κ3) is 2.95. The summed E-state index contributed by atoms with van der Waals surface area (Å²) in [6.45, 7) is 0.245. The van der Waals surface area contributed by atoms with Gasteiger partial charge in [0.15, 0.2) is 0 Å². The van der Waals surface area contributed by atoms with E-state index in [1.54, 1.807) is 6.07 Å². The monoisotopic (exact) mass is 180 g/mol. The van der Waals surface area contributed by atoms with Crippen LogP contribution in [0.1, 0.15) is 18.4 Å². The van der Waals surface area contributed by atoms with Crippen LogP contribution in [-0.2, 0) is 6.42 Å². The molecule has 3 nitrogen and oxygen atoms in total. The lowest BCUT2D eigenvalue weighted by molar-refractivity contribution is 0.284. The maximum Gasteiger partial charge on any atom is 0.0431 e. The normalized spacial score (nSPS) is 10.2. The van der Waals surface area contributed by atoms with Gasteiger partial charge < -0.3 is 16.6 Å². The van der Waals surface area contributed by atoms with E-state index in [9.17, 15) is 0 Å². The van der Waals surface area contributed by atoms with Gasteiger partial charge in [-0.3, -0.25) is 0 Å². The molecule has 3 heteroatoms. The van der Waals surface area contributed by atoms with E-state index in [2.05, 4.69) is 0 Å². The lowest BCUT2D eigenvalue weighted by Crippen LogP contribution is -1.97. The van der Waals surface area contributed by atoms with Crippen molar-refractivity contribution in [1.82, 2.24) is 0 Å². The smallest absolute Gasteiger partial charge is 0.0431 e. The number of unbranched alkanes of at least 4 members (excludes halogenated alkanes) is 1. The van der Waals surface area contributed by atoms with Gasteiger partial charge in [-0.15, -0.1) is 0 Å². The Balaban J connectivity index is 2.56. The molecule has 0 aliphatic heterocycles. The fourth-order valence-electron chi connectivity index (χ4n) is 1.27. The van der Waals surface area contributed by atoms with Crippen molar-refractivity contribution in [3.8, 4) is 0 Å². The first-order valence-corrected chi connectivity index (χ1v) is 4.49. The standard InChI is InChI=1S/C10H16N2O/c11-9-5-4-8(10(12)7-9)3-1-2-6-13/h4-5,7,13H,1-3,6,11-12H2. The van der Waals surface area contributed by atoms with Crippen LogP contribution in [0.4, 0.5) is 11.4 Å². The Morgan fingerprint density at radius 3 is 2.54 bits per heavy atom. The molecule has 1 rings (SSSR count). The van der Waals surface area contributed by atoms with Crippen LogP contribution in [0.25, 0.3) is 0 Å². The van der Waals surface area contributed by atoms with E-state index in [-0.39, 0.29) is 6.61 Å². The van der Waals surface area contributed by atoms with Gasteiger partial charge >= 0.3 is 0 Å². The summed E-state index contributed by atoms with van der Waals surface area (Å²) in [5.41, 5.74) is 13.9. The van der Waals surface area contributed by atoms with E-state index in [1.807, 2.05) is 12.1 Å². The van der Waals surface area contributed by atoms with Gasteiger partial charge in [0.25, 0.3) is 0 Å². The number of aliphatic hydroxyl groups excluding tert-OH is 1. The summed E-state index contributed by atoms with van der Waals surface area (Å²) in [5.74, 6) is 0. The van der Waals surface area contributed by atoms with Crippen LogP contribution in [-0.4, -0.2) is 11.7 Å². The molecule has 5 N–H and O–H groups in total. The molecule has 0 fully saturated rings. The number of nitrogen functional groups attached to an aromatic ring is 2. The molecule has 13 heavy (non-hydrogen) atoms. The van der Waals surface area contributed by atoms with E-state index in [0.717, 1.165) is 30.5 Å². The number of rotatable bonds is 4. The number of aliphatic hydroxyl groups is 1. The number of benzene rings is 1. The zero-order valence-corrected chi connectivity index (χ0v) is 7.66. The van der Waals surface area contributed by atoms with E-state index in [1.165, 1.54) is 0 Å². The molecule has 0 aliphatic carbocycles. The van der Waals surface area contributed by atoms with Crippen LogP contribution >= 0.6 is 0 Å². The Bertz CT molecular complexity index is 274. The number of nitrogens with two attached hydrogens (primary N) is 2. The molecular weight excluding hydrogens is 164 g/mol. The predicted octanol–water partition coefficient (Wildman–Crippen LogP) is 1.17. The van der Waals surface area contributed by atoms with Crippen LogP contribution in [0.3, 0.4) is 0 Å². The topological polar surface area (TPSA) is 72.3 Å². The Hall–Kier alpha value is -1.22. The van der Waals surface area contributed by atoms with Crippen molar-refractivity contribution in [1.29, 1.82) is 0 Å². The average Bonchev–Trinajstić information content (AvgIpc) is 2.09. The zero-order chi connectivity index (χ0) is 9.68. The molecule has 1 aromatic rings. The molecule has 0 aliphatic rings. The lowest BCUT2D eigenvalue weighted by Gasteiger charge is -2.05. The van der Waals surface area contributed by atoms with Gasteiger partial charge in [0, 0.05) is 18.0 Å². The van der Waals surface area contributed by atoms with E-state index in [4.69, 9.17) is 16.6 Å². The molecule has 1 aromatic carbocycles. The fourth-order valence-corrected chi connectivity index (χ4v) is 1.27. The van der Waals surface area contributed by atoms with Crippen molar-refractivity contribution >= 4 is 11.4 Å². The van der Waals surface area contributed by atoms with E-state index >= 15 is 0 Å². The summed E-state index contributed by atoms with van der Waals surface area (Å²) in [6, 6.07) is 5.57. The highest BCUT2D eigenvalue weighted by atomic mass is 16.2. The Morgan fingerprint density at radius 2 is 1.92 bits per heavy atom. The lowest BCUT2D eigenvalue weighted by atomic mass is 10.1. The van der Waals surface area contributed by atoms with Crippen LogP contribution in [0, 0.1) is 0 Å². The molecule has 0 aromatic heterocycles. The molecule has 0 spiro atoms. The van der Waals surface area contributed by atoms with Gasteiger partial charge in [-0.2, -0.15) is 0 Å². The molecule has 0 saturated carbocycles. The second-order valence-corrected chi connectivity index (χ2v) is 3.14. The Kier molecular flexibility index (Phi) is 3.58. The summed E-state index contributed by atoms with van der Waals surface area (Å²) in [5, 5.41) is 8.61. The molecule has 0 saturated heterocycles. The van der Waals surface area contributed by atoms with Gasteiger partial charge in [-0.25, -0.2) is 0 Å². The highest BCUT2D eigenvalue weighted by molar-refractivity contribution is 5.56. The maximum atomic E-state index is 8.61. The SMILES string of the molecule is Nc1ccc(CCCCO)c(N)c1. The average molecular weight is 180 g/mol. The van der Waals surface area contributed by atoms with Crippen LogP contribution in [0.2, 0.25) is 0 Å². The molecular formula is C10H16N2O.